The van der Waals surface area contributed by atoms with Gasteiger partial charge in [-0.15, -0.1) is 0 Å². The predicted molar refractivity (Wildman–Crippen MR) is 79.8 cm³/mol. The molecule has 0 aromatic heterocycles. The average Bonchev–Trinajstić information content (AvgIpc) is 2.48. The molecule has 1 amide bonds. The van der Waals surface area contributed by atoms with Crippen LogP contribution in [-0.2, 0) is 11.3 Å². The molecule has 0 unspecified atom stereocenters. The van der Waals surface area contributed by atoms with Gasteiger partial charge in [-0.05, 0) is 29.8 Å². The van der Waals surface area contributed by atoms with Crippen LogP contribution in [0.25, 0.3) is 0 Å². The number of amides is 1. The summed E-state index contributed by atoms with van der Waals surface area (Å²) in [6.07, 6.45) is 0. The van der Waals surface area contributed by atoms with Crippen LogP contribution in [-0.4, -0.2) is 24.5 Å². The zero-order valence-electron chi connectivity index (χ0n) is 11.9. The molecule has 2 rings (SSSR count). The first kappa shape index (κ1) is 16.2. The van der Waals surface area contributed by atoms with E-state index in [0.29, 0.717) is 17.6 Å². The number of likely N-dealkylation sites (N-methyl/N-ethyl adjacent to an activating group) is 1. The zero-order chi connectivity index (χ0) is 16.1. The maximum atomic E-state index is 13.4. The number of rotatable bonds is 5. The minimum absolute atomic E-state index is 0.158. The first-order chi connectivity index (χ1) is 10.5. The number of benzene rings is 2. The number of carbonyl (C=O) groups is 1. The molecule has 0 spiro atoms. The summed E-state index contributed by atoms with van der Waals surface area (Å²) in [5.41, 5.74) is 0.910. The molecule has 0 atom stereocenters. The fourth-order valence-corrected chi connectivity index (χ4v) is 1.92. The molecule has 0 saturated carbocycles. The Labute approximate surface area is 132 Å². The van der Waals surface area contributed by atoms with Gasteiger partial charge in [0.05, 0.1) is 0 Å². The summed E-state index contributed by atoms with van der Waals surface area (Å²) in [7, 11) is 1.61. The second-order valence-corrected chi connectivity index (χ2v) is 5.18. The summed E-state index contributed by atoms with van der Waals surface area (Å²) < 4.78 is 31.2. The maximum Gasteiger partial charge on any atom is 0.260 e. The lowest BCUT2D eigenvalue weighted by Crippen LogP contribution is -2.31. The highest BCUT2D eigenvalue weighted by atomic mass is 35.5. The topological polar surface area (TPSA) is 29.5 Å². The Kier molecular flexibility index (Phi) is 5.33. The van der Waals surface area contributed by atoms with Crippen molar-refractivity contribution >= 4 is 17.5 Å². The van der Waals surface area contributed by atoms with Crippen LogP contribution >= 0.6 is 11.6 Å². The van der Waals surface area contributed by atoms with Crippen LogP contribution in [0.15, 0.2) is 42.5 Å². The smallest absolute Gasteiger partial charge is 0.260 e. The van der Waals surface area contributed by atoms with Gasteiger partial charge in [0.2, 0.25) is 0 Å². The average molecular weight is 326 g/mol. The molecule has 116 valence electrons. The summed E-state index contributed by atoms with van der Waals surface area (Å²) >= 11 is 5.79. The fourth-order valence-electron chi connectivity index (χ4n) is 1.79. The first-order valence-electron chi connectivity index (χ1n) is 6.52. The van der Waals surface area contributed by atoms with Gasteiger partial charge >= 0.3 is 0 Å². The molecule has 0 radical (unpaired) electrons. The second-order valence-electron chi connectivity index (χ2n) is 4.74. The van der Waals surface area contributed by atoms with E-state index in [0.717, 1.165) is 17.7 Å². The van der Waals surface area contributed by atoms with E-state index in [9.17, 15) is 13.6 Å². The van der Waals surface area contributed by atoms with Crippen molar-refractivity contribution in [1.82, 2.24) is 4.90 Å². The van der Waals surface area contributed by atoms with Crippen LogP contribution in [0.4, 0.5) is 8.78 Å². The molecule has 22 heavy (non-hydrogen) atoms. The quantitative estimate of drug-likeness (QED) is 0.839. The molecular weight excluding hydrogens is 312 g/mol. The molecule has 0 aliphatic heterocycles. The Bertz CT molecular complexity index is 662. The van der Waals surface area contributed by atoms with E-state index in [4.69, 9.17) is 16.3 Å². The lowest BCUT2D eigenvalue weighted by molar-refractivity contribution is -0.132. The molecule has 0 N–H and O–H groups in total. The van der Waals surface area contributed by atoms with Gasteiger partial charge in [-0.2, -0.15) is 0 Å². The van der Waals surface area contributed by atoms with Gasteiger partial charge in [0.25, 0.3) is 5.91 Å². The maximum absolute atomic E-state index is 13.4. The summed E-state index contributed by atoms with van der Waals surface area (Å²) in [4.78, 5) is 13.4. The monoisotopic (exact) mass is 325 g/mol. The third-order valence-corrected chi connectivity index (χ3v) is 3.26. The van der Waals surface area contributed by atoms with Crippen LogP contribution in [0.5, 0.6) is 5.75 Å². The normalized spacial score (nSPS) is 10.4. The molecule has 0 bridgehead atoms. The molecule has 0 aliphatic carbocycles. The summed E-state index contributed by atoms with van der Waals surface area (Å²) in [6, 6.07) is 10.0. The molecule has 0 saturated heterocycles. The number of nitrogens with zero attached hydrogens (tertiary/aromatic N) is 1. The van der Waals surface area contributed by atoms with Gasteiger partial charge in [-0.3, -0.25) is 4.79 Å². The van der Waals surface area contributed by atoms with Crippen LogP contribution in [0.3, 0.4) is 0 Å². The number of halogens is 3. The number of hydrogen-bond donors (Lipinski definition) is 0. The summed E-state index contributed by atoms with van der Waals surface area (Å²) in [5, 5.41) is 0.618. The predicted octanol–water partition coefficient (Wildman–Crippen LogP) is 3.66. The molecule has 3 nitrogen and oxygen atoms in total. The van der Waals surface area contributed by atoms with Crippen LogP contribution in [0.2, 0.25) is 5.02 Å². The van der Waals surface area contributed by atoms with E-state index >= 15 is 0 Å². The van der Waals surface area contributed by atoms with Gasteiger partial charge in [-0.25, -0.2) is 8.78 Å². The van der Waals surface area contributed by atoms with Crippen molar-refractivity contribution in [1.29, 1.82) is 0 Å². The van der Waals surface area contributed by atoms with Gasteiger partial charge in [0.1, 0.15) is 5.82 Å². The minimum Gasteiger partial charge on any atom is -0.481 e. The van der Waals surface area contributed by atoms with E-state index in [-0.39, 0.29) is 18.3 Å². The number of ether oxygens (including phenoxy) is 1. The Balaban J connectivity index is 1.89. The fraction of sp³-hybridized carbons (Fsp3) is 0.188. The van der Waals surface area contributed by atoms with Gasteiger partial charge in [0, 0.05) is 24.7 Å². The van der Waals surface area contributed by atoms with Crippen molar-refractivity contribution in [3.05, 3.63) is 64.7 Å². The Hall–Kier alpha value is -2.14. The second kappa shape index (κ2) is 7.22. The van der Waals surface area contributed by atoms with Crippen molar-refractivity contribution in [2.75, 3.05) is 13.7 Å². The van der Waals surface area contributed by atoms with Crippen molar-refractivity contribution in [3.63, 3.8) is 0 Å². The summed E-state index contributed by atoms with van der Waals surface area (Å²) in [6.45, 7) is 0.0535. The largest absolute Gasteiger partial charge is 0.481 e. The Morgan fingerprint density at radius 3 is 2.50 bits per heavy atom. The van der Waals surface area contributed by atoms with Crippen molar-refractivity contribution in [3.8, 4) is 5.75 Å². The van der Waals surface area contributed by atoms with Gasteiger partial charge in [0.15, 0.2) is 18.2 Å². The SMILES string of the molecule is CN(Cc1ccc(Cl)cc1)C(=O)COc1ccc(F)cc1F. The highest BCUT2D eigenvalue weighted by Gasteiger charge is 2.12. The summed E-state index contributed by atoms with van der Waals surface area (Å²) in [5.74, 6) is -2.02. The van der Waals surface area contributed by atoms with Crippen LogP contribution < -0.4 is 4.74 Å². The van der Waals surface area contributed by atoms with Crippen molar-refractivity contribution in [2.24, 2.45) is 0 Å². The molecule has 0 heterocycles. The first-order valence-corrected chi connectivity index (χ1v) is 6.90. The highest BCUT2D eigenvalue weighted by Crippen LogP contribution is 2.17. The molecule has 2 aromatic rings. The van der Waals surface area contributed by atoms with Crippen molar-refractivity contribution in [2.45, 2.75) is 6.54 Å². The van der Waals surface area contributed by atoms with E-state index in [1.54, 1.807) is 19.2 Å². The molecular formula is C16H14ClF2NO2. The van der Waals surface area contributed by atoms with E-state index in [1.807, 2.05) is 12.1 Å². The van der Waals surface area contributed by atoms with E-state index < -0.39 is 11.6 Å². The number of carbonyl (C=O) groups excluding carboxylic acids is 1. The van der Waals surface area contributed by atoms with Gasteiger partial charge in [-0.1, -0.05) is 23.7 Å². The zero-order valence-corrected chi connectivity index (χ0v) is 12.6. The molecule has 6 heteroatoms. The van der Waals surface area contributed by atoms with Crippen LogP contribution in [0.1, 0.15) is 5.56 Å². The lowest BCUT2D eigenvalue weighted by atomic mass is 10.2. The standard InChI is InChI=1S/C16H14ClF2NO2/c1-20(9-11-2-4-12(17)5-3-11)16(21)10-22-15-7-6-13(18)8-14(15)19/h2-8H,9-10H2,1H3. The minimum atomic E-state index is -0.840. The Morgan fingerprint density at radius 2 is 1.86 bits per heavy atom. The van der Waals surface area contributed by atoms with Crippen LogP contribution in [0, 0.1) is 11.6 Å². The molecule has 0 fully saturated rings. The van der Waals surface area contributed by atoms with Gasteiger partial charge < -0.3 is 9.64 Å². The third kappa shape index (κ3) is 4.43. The van der Waals surface area contributed by atoms with Crippen molar-refractivity contribution < 1.29 is 18.3 Å². The molecule has 2 aromatic carbocycles. The Morgan fingerprint density at radius 1 is 1.18 bits per heavy atom. The number of hydrogen-bond acceptors (Lipinski definition) is 2. The third-order valence-electron chi connectivity index (χ3n) is 3.00. The highest BCUT2D eigenvalue weighted by molar-refractivity contribution is 6.30. The van der Waals surface area contributed by atoms with E-state index in [1.165, 1.54) is 4.90 Å². The van der Waals surface area contributed by atoms with E-state index in [2.05, 4.69) is 0 Å². The molecule has 0 aliphatic rings. The lowest BCUT2D eigenvalue weighted by Gasteiger charge is -2.17.